The van der Waals surface area contributed by atoms with Crippen LogP contribution < -0.4 is 0 Å². The number of halogens is 4. The van der Waals surface area contributed by atoms with Crippen LogP contribution in [-0.4, -0.2) is 40.9 Å². The summed E-state index contributed by atoms with van der Waals surface area (Å²) in [6, 6.07) is 18.0. The second kappa shape index (κ2) is 15.8. The summed E-state index contributed by atoms with van der Waals surface area (Å²) >= 11 is 13.2. The summed E-state index contributed by atoms with van der Waals surface area (Å²) in [4.78, 5) is 35.5. The molecule has 0 bridgehead atoms. The number of hydrogen-bond donors (Lipinski definition) is 3. The van der Waals surface area contributed by atoms with Crippen LogP contribution in [0.2, 0.25) is 10.0 Å². The summed E-state index contributed by atoms with van der Waals surface area (Å²) in [5.41, 5.74) is -0.417. The molecule has 0 aliphatic rings. The number of ether oxygens (including phenoxy) is 1. The van der Waals surface area contributed by atoms with Crippen molar-refractivity contribution in [1.29, 1.82) is 0 Å². The summed E-state index contributed by atoms with van der Waals surface area (Å²) in [6.07, 6.45) is 2.89. The highest BCUT2D eigenvalue weighted by atomic mass is 35.5. The molecule has 1 unspecified atom stereocenters. The molecule has 5 aromatic rings. The van der Waals surface area contributed by atoms with Gasteiger partial charge in [0, 0.05) is 38.5 Å². The van der Waals surface area contributed by atoms with Crippen molar-refractivity contribution in [2.45, 2.75) is 56.8 Å². The Hall–Kier alpha value is -3.58. The topological polar surface area (TPSA) is 131 Å². The van der Waals surface area contributed by atoms with Gasteiger partial charge in [0.1, 0.15) is 29.7 Å². The lowest BCUT2D eigenvalue weighted by Crippen LogP contribution is -2.25. The number of benzene rings is 4. The fourth-order valence-corrected chi connectivity index (χ4v) is 7.63. The Morgan fingerprint density at radius 3 is 2.19 bits per heavy atom. The Bertz CT molecular complexity index is 2150. The second-order valence-corrected chi connectivity index (χ2v) is 15.9. The van der Waals surface area contributed by atoms with E-state index < -0.39 is 54.6 Å². The molecular formula is C37H35Cl2F2N2O7PS. The van der Waals surface area contributed by atoms with Crippen molar-refractivity contribution in [3.8, 4) is 16.8 Å². The molecule has 9 nitrogen and oxygen atoms in total. The molecule has 0 fully saturated rings. The van der Waals surface area contributed by atoms with E-state index in [4.69, 9.17) is 47.2 Å². The van der Waals surface area contributed by atoms with Crippen LogP contribution >= 0.6 is 31.8 Å². The molecule has 0 aliphatic heterocycles. The van der Waals surface area contributed by atoms with Crippen LogP contribution in [0.25, 0.3) is 16.8 Å². The highest BCUT2D eigenvalue weighted by molar-refractivity contribution is 7.84. The van der Waals surface area contributed by atoms with E-state index in [2.05, 4.69) is 0 Å². The standard InChI is InChI=1S/C37H35Cl2F2N2O7PS/c1-36(2,33-26(38)10-7-11-27(33)39)35-42-32(37(3,4)45)18-43(35)30-13-12-22(15-29(30)41)24-16-28(40)25(31(17-24)52(5)48)20-49-34(44)23-9-6-8-21(14-23)19-50-51(46)47/h6-18,45-47H,19-20H2,1-5H3. The van der Waals surface area contributed by atoms with Crippen LogP contribution in [0, 0.1) is 11.6 Å². The number of aliphatic hydroxyl groups is 1. The molecule has 0 saturated heterocycles. The van der Waals surface area contributed by atoms with Crippen LogP contribution in [0.4, 0.5) is 8.78 Å². The van der Waals surface area contributed by atoms with E-state index in [9.17, 15) is 14.1 Å². The van der Waals surface area contributed by atoms with Crippen LogP contribution in [0.15, 0.2) is 83.9 Å². The highest BCUT2D eigenvalue weighted by Gasteiger charge is 2.36. The number of aromatic nitrogens is 2. The molecule has 4 aromatic carbocycles. The Morgan fingerprint density at radius 2 is 1.58 bits per heavy atom. The third kappa shape index (κ3) is 8.62. The summed E-state index contributed by atoms with van der Waals surface area (Å²) < 4.78 is 56.3. The number of carbonyl (C=O) groups excluding carboxylic acids is 1. The van der Waals surface area contributed by atoms with Crippen LogP contribution in [0.1, 0.15) is 66.3 Å². The summed E-state index contributed by atoms with van der Waals surface area (Å²) in [5, 5.41) is 11.6. The largest absolute Gasteiger partial charge is 0.457 e. The SMILES string of the molecule is CS(=O)c1cc(-c2ccc(-n3cc(C(C)(C)O)nc3C(C)(C)c3c(Cl)cccc3Cl)c(F)c2)cc(F)c1COC(=O)c1cccc(COP(O)O)c1. The predicted molar refractivity (Wildman–Crippen MR) is 197 cm³/mol. The van der Waals surface area contributed by atoms with E-state index in [0.29, 0.717) is 27.0 Å². The van der Waals surface area contributed by atoms with E-state index in [1.165, 1.54) is 47.4 Å². The first-order valence-electron chi connectivity index (χ1n) is 15.7. The molecule has 52 heavy (non-hydrogen) atoms. The zero-order valence-corrected chi connectivity index (χ0v) is 31.9. The average molecular weight is 792 g/mol. The van der Waals surface area contributed by atoms with Gasteiger partial charge in [-0.3, -0.25) is 8.78 Å². The molecule has 15 heteroatoms. The molecule has 1 aromatic heterocycles. The lowest BCUT2D eigenvalue weighted by molar-refractivity contribution is 0.0465. The fraction of sp³-hybridized carbons (Fsp3) is 0.243. The molecule has 274 valence electrons. The van der Waals surface area contributed by atoms with Crippen molar-refractivity contribution in [1.82, 2.24) is 9.55 Å². The molecule has 5 rings (SSSR count). The van der Waals surface area contributed by atoms with Gasteiger partial charge in [-0.25, -0.2) is 18.6 Å². The second-order valence-electron chi connectivity index (χ2n) is 13.0. The summed E-state index contributed by atoms with van der Waals surface area (Å²) in [6.45, 7) is 6.11. The summed E-state index contributed by atoms with van der Waals surface area (Å²) in [7, 11) is -4.31. The van der Waals surface area contributed by atoms with Gasteiger partial charge in [-0.2, -0.15) is 0 Å². The first-order chi connectivity index (χ1) is 24.4. The Balaban J connectivity index is 1.48. The number of carbonyl (C=O) groups is 1. The lowest BCUT2D eigenvalue weighted by atomic mass is 9.83. The predicted octanol–water partition coefficient (Wildman–Crippen LogP) is 8.50. The minimum atomic E-state index is -2.58. The van der Waals surface area contributed by atoms with Crippen molar-refractivity contribution >= 4 is 48.6 Å². The maximum absolute atomic E-state index is 16.2. The van der Waals surface area contributed by atoms with Crippen LogP contribution in [0.5, 0.6) is 0 Å². The maximum atomic E-state index is 16.2. The van der Waals surface area contributed by atoms with Crippen molar-refractivity contribution in [3.05, 3.63) is 134 Å². The molecule has 0 radical (unpaired) electrons. The van der Waals surface area contributed by atoms with Crippen LogP contribution in [0.3, 0.4) is 0 Å². The van der Waals surface area contributed by atoms with Gasteiger partial charge in [-0.05, 0) is 92.9 Å². The van der Waals surface area contributed by atoms with Crippen LogP contribution in [-0.2, 0) is 44.3 Å². The first kappa shape index (κ1) is 39.6. The third-order valence-electron chi connectivity index (χ3n) is 8.34. The monoisotopic (exact) mass is 790 g/mol. The van der Waals surface area contributed by atoms with Crippen molar-refractivity contribution < 1.29 is 41.9 Å². The maximum Gasteiger partial charge on any atom is 0.338 e. The molecule has 0 saturated carbocycles. The lowest BCUT2D eigenvalue weighted by Gasteiger charge is -2.28. The molecule has 1 heterocycles. The zero-order valence-electron chi connectivity index (χ0n) is 28.7. The van der Waals surface area contributed by atoms with Gasteiger partial charge in [0.2, 0.25) is 0 Å². The Labute approximate surface area is 313 Å². The average Bonchev–Trinajstić information content (AvgIpc) is 3.53. The van der Waals surface area contributed by atoms with Gasteiger partial charge < -0.3 is 24.2 Å². The minimum absolute atomic E-state index is 0.0544. The van der Waals surface area contributed by atoms with Gasteiger partial charge in [0.05, 0.1) is 39.8 Å². The number of rotatable bonds is 12. The molecular weight excluding hydrogens is 756 g/mol. The zero-order chi connectivity index (χ0) is 38.1. The molecule has 0 amide bonds. The number of esters is 1. The Kier molecular flexibility index (Phi) is 12.0. The summed E-state index contributed by atoms with van der Waals surface area (Å²) in [5.74, 6) is -1.95. The fourth-order valence-electron chi connectivity index (χ4n) is 5.70. The van der Waals surface area contributed by atoms with Crippen molar-refractivity contribution in [2.24, 2.45) is 0 Å². The highest BCUT2D eigenvalue weighted by Crippen LogP contribution is 2.42. The van der Waals surface area contributed by atoms with Crippen molar-refractivity contribution in [2.75, 3.05) is 6.26 Å². The number of hydrogen-bond acceptors (Lipinski definition) is 8. The Morgan fingerprint density at radius 1 is 0.923 bits per heavy atom. The van der Waals surface area contributed by atoms with Gasteiger partial charge >= 0.3 is 14.6 Å². The van der Waals surface area contributed by atoms with Gasteiger partial charge in [0.25, 0.3) is 0 Å². The molecule has 0 spiro atoms. The first-order valence-corrected chi connectivity index (χ1v) is 19.2. The van der Waals surface area contributed by atoms with E-state index in [-0.39, 0.29) is 45.1 Å². The minimum Gasteiger partial charge on any atom is -0.457 e. The van der Waals surface area contributed by atoms with E-state index in [1.54, 1.807) is 50.2 Å². The molecule has 0 aliphatic carbocycles. The normalized spacial score (nSPS) is 12.7. The van der Waals surface area contributed by atoms with E-state index in [0.717, 1.165) is 6.07 Å². The van der Waals surface area contributed by atoms with Gasteiger partial charge in [0.15, 0.2) is 0 Å². The molecule has 3 N–H and O–H groups in total. The van der Waals surface area contributed by atoms with E-state index in [1.807, 2.05) is 13.8 Å². The van der Waals surface area contributed by atoms with E-state index >= 15 is 8.78 Å². The number of imidazole rings is 1. The van der Waals surface area contributed by atoms with Crippen molar-refractivity contribution in [3.63, 3.8) is 0 Å². The third-order valence-corrected chi connectivity index (χ3v) is 10.3. The van der Waals surface area contributed by atoms with Gasteiger partial charge in [-0.15, -0.1) is 0 Å². The number of nitrogens with zero attached hydrogens (tertiary/aromatic N) is 2. The van der Waals surface area contributed by atoms with Gasteiger partial charge in [-0.1, -0.05) is 47.5 Å². The quantitative estimate of drug-likeness (QED) is 0.0848. The molecule has 1 atom stereocenters. The smallest absolute Gasteiger partial charge is 0.338 e.